The summed E-state index contributed by atoms with van der Waals surface area (Å²) >= 11 is 5.92. The van der Waals surface area contributed by atoms with E-state index in [2.05, 4.69) is 10.3 Å². The summed E-state index contributed by atoms with van der Waals surface area (Å²) in [6.45, 7) is 5.95. The van der Waals surface area contributed by atoms with Gasteiger partial charge in [0.1, 0.15) is 0 Å². The number of aromatic nitrogens is 1. The van der Waals surface area contributed by atoms with Crippen molar-refractivity contribution in [3.8, 4) is 0 Å². The number of hydrogen-bond donors (Lipinski definition) is 2. The first-order valence-corrected chi connectivity index (χ1v) is 5.94. The lowest BCUT2D eigenvalue weighted by molar-refractivity contribution is -0.124. The second-order valence-corrected chi connectivity index (χ2v) is 4.78. The highest BCUT2D eigenvalue weighted by atomic mass is 35.5. The molecule has 4 nitrogen and oxygen atoms in total. The van der Waals surface area contributed by atoms with Gasteiger partial charge in [0.05, 0.1) is 11.1 Å². The normalized spacial score (nSPS) is 14.2. The number of nitrogens with two attached hydrogens (primary N) is 1. The van der Waals surface area contributed by atoms with E-state index in [1.165, 1.54) is 0 Å². The van der Waals surface area contributed by atoms with Gasteiger partial charge in [0.2, 0.25) is 5.91 Å². The molecule has 1 amide bonds. The number of aryl methyl sites for hydroxylation is 1. The molecule has 1 heterocycles. The van der Waals surface area contributed by atoms with Gasteiger partial charge in [0, 0.05) is 12.7 Å². The van der Waals surface area contributed by atoms with Gasteiger partial charge in [-0.1, -0.05) is 18.5 Å². The van der Waals surface area contributed by atoms with E-state index in [0.29, 0.717) is 23.8 Å². The molecule has 1 unspecified atom stereocenters. The topological polar surface area (TPSA) is 68.0 Å². The van der Waals surface area contributed by atoms with Gasteiger partial charge in [0.25, 0.3) is 0 Å². The molecule has 0 bridgehead atoms. The number of carbonyl (C=O) groups excluding carboxylic acids is 1. The van der Waals surface area contributed by atoms with Crippen LogP contribution < -0.4 is 11.1 Å². The van der Waals surface area contributed by atoms with E-state index in [1.54, 1.807) is 12.3 Å². The molecule has 1 aromatic heterocycles. The van der Waals surface area contributed by atoms with Crippen LogP contribution in [0.4, 0.5) is 5.69 Å². The van der Waals surface area contributed by atoms with Crippen molar-refractivity contribution in [2.75, 3.05) is 11.9 Å². The molecule has 0 aliphatic rings. The number of pyridine rings is 1. The summed E-state index contributed by atoms with van der Waals surface area (Å²) in [5.41, 5.74) is 6.53. The van der Waals surface area contributed by atoms with Crippen molar-refractivity contribution in [2.24, 2.45) is 11.1 Å². The Morgan fingerprint density at radius 2 is 2.29 bits per heavy atom. The van der Waals surface area contributed by atoms with E-state index in [9.17, 15) is 4.79 Å². The van der Waals surface area contributed by atoms with Gasteiger partial charge in [0.15, 0.2) is 5.15 Å². The molecule has 5 heteroatoms. The number of carbonyl (C=O) groups is 1. The number of nitrogens with zero attached hydrogens (tertiary/aromatic N) is 1. The van der Waals surface area contributed by atoms with Crippen molar-refractivity contribution < 1.29 is 4.79 Å². The first-order valence-electron chi connectivity index (χ1n) is 5.56. The molecule has 94 valence electrons. The molecule has 1 atom stereocenters. The lowest BCUT2D eigenvalue weighted by Gasteiger charge is -2.25. The number of rotatable bonds is 4. The third-order valence-electron chi connectivity index (χ3n) is 3.00. The second kappa shape index (κ2) is 5.47. The molecule has 3 N–H and O–H groups in total. The number of hydrogen-bond acceptors (Lipinski definition) is 3. The molecule has 0 fully saturated rings. The Morgan fingerprint density at radius 3 is 2.82 bits per heavy atom. The van der Waals surface area contributed by atoms with Crippen LogP contribution in [0.1, 0.15) is 25.8 Å². The Balaban J connectivity index is 2.91. The van der Waals surface area contributed by atoms with Crippen LogP contribution in [-0.2, 0) is 4.79 Å². The monoisotopic (exact) mass is 255 g/mol. The van der Waals surface area contributed by atoms with Crippen molar-refractivity contribution in [3.63, 3.8) is 0 Å². The summed E-state index contributed by atoms with van der Waals surface area (Å²) in [6.07, 6.45) is 2.33. The molecule has 0 aromatic carbocycles. The van der Waals surface area contributed by atoms with Crippen LogP contribution in [0.25, 0.3) is 0 Å². The number of halogens is 1. The predicted octanol–water partition coefficient (Wildman–Crippen LogP) is 2.36. The summed E-state index contributed by atoms with van der Waals surface area (Å²) in [7, 11) is 0. The van der Waals surface area contributed by atoms with E-state index < -0.39 is 5.41 Å². The number of anilines is 1. The zero-order valence-electron chi connectivity index (χ0n) is 10.4. The van der Waals surface area contributed by atoms with Gasteiger partial charge < -0.3 is 11.1 Å². The zero-order valence-corrected chi connectivity index (χ0v) is 11.1. The van der Waals surface area contributed by atoms with Crippen LogP contribution >= 0.6 is 11.6 Å². The molecule has 0 aliphatic carbocycles. The smallest absolute Gasteiger partial charge is 0.231 e. The standard InChI is InChI=1S/C12H18ClN3O/c1-4-12(3,7-14)11(17)16-9-5-8(2)6-15-10(9)13/h5-6H,4,7,14H2,1-3H3,(H,16,17). The van der Waals surface area contributed by atoms with Crippen molar-refractivity contribution >= 4 is 23.2 Å². The molecule has 0 saturated carbocycles. The quantitative estimate of drug-likeness (QED) is 0.812. The first kappa shape index (κ1) is 13.9. The highest BCUT2D eigenvalue weighted by Gasteiger charge is 2.30. The van der Waals surface area contributed by atoms with Gasteiger partial charge in [-0.25, -0.2) is 4.98 Å². The Labute approximate surface area is 107 Å². The first-order chi connectivity index (χ1) is 7.92. The molecular weight excluding hydrogens is 238 g/mol. The Bertz CT molecular complexity index is 416. The fraction of sp³-hybridized carbons (Fsp3) is 0.500. The largest absolute Gasteiger partial charge is 0.329 e. The van der Waals surface area contributed by atoms with Gasteiger partial charge >= 0.3 is 0 Å². The van der Waals surface area contributed by atoms with E-state index >= 15 is 0 Å². The molecule has 0 spiro atoms. The molecule has 1 rings (SSSR count). The number of nitrogens with one attached hydrogen (secondary N) is 1. The average molecular weight is 256 g/mol. The summed E-state index contributed by atoms with van der Waals surface area (Å²) < 4.78 is 0. The van der Waals surface area contributed by atoms with Gasteiger partial charge in [-0.3, -0.25) is 4.79 Å². The fourth-order valence-corrected chi connectivity index (χ4v) is 1.46. The predicted molar refractivity (Wildman–Crippen MR) is 70.1 cm³/mol. The highest BCUT2D eigenvalue weighted by Crippen LogP contribution is 2.25. The van der Waals surface area contributed by atoms with Crippen LogP contribution in [0.5, 0.6) is 0 Å². The maximum Gasteiger partial charge on any atom is 0.231 e. The van der Waals surface area contributed by atoms with Gasteiger partial charge in [-0.2, -0.15) is 0 Å². The van der Waals surface area contributed by atoms with Crippen molar-refractivity contribution in [1.29, 1.82) is 0 Å². The van der Waals surface area contributed by atoms with E-state index in [4.69, 9.17) is 17.3 Å². The molecule has 1 aromatic rings. The molecule has 0 saturated heterocycles. The average Bonchev–Trinajstić information content (AvgIpc) is 2.32. The molecule has 17 heavy (non-hydrogen) atoms. The van der Waals surface area contributed by atoms with Crippen LogP contribution in [0.15, 0.2) is 12.3 Å². The minimum absolute atomic E-state index is 0.128. The SMILES string of the molecule is CCC(C)(CN)C(=O)Nc1cc(C)cnc1Cl. The van der Waals surface area contributed by atoms with E-state index in [0.717, 1.165) is 5.56 Å². The maximum atomic E-state index is 12.1. The van der Waals surface area contributed by atoms with Crippen LogP contribution in [-0.4, -0.2) is 17.4 Å². The minimum Gasteiger partial charge on any atom is -0.329 e. The van der Waals surface area contributed by atoms with E-state index in [-0.39, 0.29) is 5.91 Å². The molecule has 0 radical (unpaired) electrons. The summed E-state index contributed by atoms with van der Waals surface area (Å²) in [6, 6.07) is 1.79. The summed E-state index contributed by atoms with van der Waals surface area (Å²) in [4.78, 5) is 16.1. The summed E-state index contributed by atoms with van der Waals surface area (Å²) in [5, 5.41) is 3.07. The number of amides is 1. The Kier molecular flexibility index (Phi) is 4.48. The third-order valence-corrected chi connectivity index (χ3v) is 3.30. The fourth-order valence-electron chi connectivity index (χ4n) is 1.31. The van der Waals surface area contributed by atoms with Crippen LogP contribution in [0.3, 0.4) is 0 Å². The summed E-state index contributed by atoms with van der Waals surface area (Å²) in [5.74, 6) is -0.128. The van der Waals surface area contributed by atoms with Crippen molar-refractivity contribution in [2.45, 2.75) is 27.2 Å². The van der Waals surface area contributed by atoms with Crippen LogP contribution in [0, 0.1) is 12.3 Å². The minimum atomic E-state index is -0.576. The lowest BCUT2D eigenvalue weighted by Crippen LogP contribution is -2.39. The van der Waals surface area contributed by atoms with Crippen LogP contribution in [0.2, 0.25) is 5.15 Å². The van der Waals surface area contributed by atoms with Gasteiger partial charge in [-0.05, 0) is 31.9 Å². The molecule has 0 aliphatic heterocycles. The van der Waals surface area contributed by atoms with Crippen molar-refractivity contribution in [1.82, 2.24) is 4.98 Å². The Hall–Kier alpha value is -1.13. The van der Waals surface area contributed by atoms with Gasteiger partial charge in [-0.15, -0.1) is 0 Å². The highest BCUT2D eigenvalue weighted by molar-refractivity contribution is 6.32. The molecular formula is C12H18ClN3O. The van der Waals surface area contributed by atoms with Crippen molar-refractivity contribution in [3.05, 3.63) is 23.0 Å². The second-order valence-electron chi connectivity index (χ2n) is 4.42. The maximum absolute atomic E-state index is 12.1. The zero-order chi connectivity index (χ0) is 13.1. The van der Waals surface area contributed by atoms with E-state index in [1.807, 2.05) is 20.8 Å². The Morgan fingerprint density at radius 1 is 1.65 bits per heavy atom. The third kappa shape index (κ3) is 3.17. The lowest BCUT2D eigenvalue weighted by atomic mass is 9.86.